The standard InChI is InChI=1S/C11H14BrN5/c1-17-5-4-14-11(17)10(16-13)6-9-3-2-8(12)7-15-9/h2-5,7,10,16H,6,13H2,1H3. The zero-order chi connectivity index (χ0) is 12.3. The summed E-state index contributed by atoms with van der Waals surface area (Å²) in [6.07, 6.45) is 6.14. The van der Waals surface area contributed by atoms with Crippen molar-refractivity contribution in [3.63, 3.8) is 0 Å². The van der Waals surface area contributed by atoms with E-state index in [1.54, 1.807) is 12.4 Å². The molecule has 17 heavy (non-hydrogen) atoms. The van der Waals surface area contributed by atoms with E-state index in [1.807, 2.05) is 29.9 Å². The highest BCUT2D eigenvalue weighted by Crippen LogP contribution is 2.15. The number of hydrogen-bond acceptors (Lipinski definition) is 4. The summed E-state index contributed by atoms with van der Waals surface area (Å²) in [6, 6.07) is 3.90. The maximum atomic E-state index is 5.57. The molecule has 0 bridgehead atoms. The molecular weight excluding hydrogens is 282 g/mol. The smallest absolute Gasteiger partial charge is 0.127 e. The van der Waals surface area contributed by atoms with Crippen LogP contribution in [0.2, 0.25) is 0 Å². The van der Waals surface area contributed by atoms with Crippen LogP contribution in [0.5, 0.6) is 0 Å². The number of pyridine rings is 1. The average molecular weight is 296 g/mol. The molecule has 0 radical (unpaired) electrons. The summed E-state index contributed by atoms with van der Waals surface area (Å²) in [5.74, 6) is 6.47. The predicted molar refractivity (Wildman–Crippen MR) is 68.9 cm³/mol. The first-order chi connectivity index (χ1) is 8.20. The van der Waals surface area contributed by atoms with Gasteiger partial charge < -0.3 is 4.57 Å². The SMILES string of the molecule is Cn1ccnc1C(Cc1ccc(Br)cn1)NN. The summed E-state index contributed by atoms with van der Waals surface area (Å²) in [5, 5.41) is 0. The Balaban J connectivity index is 2.16. The second-order valence-corrected chi connectivity index (χ2v) is 4.70. The molecule has 0 aromatic carbocycles. The normalized spacial score (nSPS) is 12.6. The van der Waals surface area contributed by atoms with Crippen LogP contribution in [0.4, 0.5) is 0 Å². The van der Waals surface area contributed by atoms with Crippen LogP contribution in [0.3, 0.4) is 0 Å². The van der Waals surface area contributed by atoms with Crippen molar-refractivity contribution in [2.75, 3.05) is 0 Å². The highest BCUT2D eigenvalue weighted by molar-refractivity contribution is 9.10. The van der Waals surface area contributed by atoms with Crippen molar-refractivity contribution in [3.05, 3.63) is 46.7 Å². The Morgan fingerprint density at radius 2 is 2.29 bits per heavy atom. The van der Waals surface area contributed by atoms with Gasteiger partial charge in [0, 0.05) is 42.2 Å². The lowest BCUT2D eigenvalue weighted by Crippen LogP contribution is -2.31. The van der Waals surface area contributed by atoms with Crippen LogP contribution in [-0.2, 0) is 13.5 Å². The van der Waals surface area contributed by atoms with Gasteiger partial charge in [0.2, 0.25) is 0 Å². The molecule has 90 valence electrons. The van der Waals surface area contributed by atoms with E-state index in [0.717, 1.165) is 16.0 Å². The Kier molecular flexibility index (Phi) is 3.88. The molecule has 3 N–H and O–H groups in total. The van der Waals surface area contributed by atoms with E-state index in [2.05, 4.69) is 31.3 Å². The molecular formula is C11H14BrN5. The van der Waals surface area contributed by atoms with Crippen LogP contribution in [0.15, 0.2) is 35.2 Å². The van der Waals surface area contributed by atoms with E-state index in [-0.39, 0.29) is 6.04 Å². The number of hydrogen-bond donors (Lipinski definition) is 2. The number of nitrogens with zero attached hydrogens (tertiary/aromatic N) is 3. The zero-order valence-corrected chi connectivity index (χ0v) is 11.1. The van der Waals surface area contributed by atoms with Gasteiger partial charge in [-0.1, -0.05) is 0 Å². The van der Waals surface area contributed by atoms with Gasteiger partial charge in [0.25, 0.3) is 0 Å². The monoisotopic (exact) mass is 295 g/mol. The van der Waals surface area contributed by atoms with E-state index in [1.165, 1.54) is 0 Å². The van der Waals surface area contributed by atoms with Gasteiger partial charge >= 0.3 is 0 Å². The molecule has 2 aromatic heterocycles. The summed E-state index contributed by atoms with van der Waals surface area (Å²) in [7, 11) is 1.95. The fourth-order valence-corrected chi connectivity index (χ4v) is 1.91. The first kappa shape index (κ1) is 12.2. The van der Waals surface area contributed by atoms with Gasteiger partial charge in [0.1, 0.15) is 5.82 Å². The van der Waals surface area contributed by atoms with E-state index < -0.39 is 0 Å². The van der Waals surface area contributed by atoms with Crippen molar-refractivity contribution in [1.29, 1.82) is 0 Å². The molecule has 0 aliphatic rings. The van der Waals surface area contributed by atoms with Crippen LogP contribution in [0, 0.1) is 0 Å². The summed E-state index contributed by atoms with van der Waals surface area (Å²) < 4.78 is 2.92. The van der Waals surface area contributed by atoms with E-state index >= 15 is 0 Å². The first-order valence-electron chi connectivity index (χ1n) is 5.24. The van der Waals surface area contributed by atoms with Crippen molar-refractivity contribution in [3.8, 4) is 0 Å². The molecule has 2 rings (SSSR count). The largest absolute Gasteiger partial charge is 0.337 e. The molecule has 0 aliphatic heterocycles. The van der Waals surface area contributed by atoms with Gasteiger partial charge in [-0.3, -0.25) is 10.8 Å². The highest BCUT2D eigenvalue weighted by atomic mass is 79.9. The molecule has 1 atom stereocenters. The number of nitrogens with one attached hydrogen (secondary N) is 1. The van der Waals surface area contributed by atoms with Gasteiger partial charge in [-0.05, 0) is 28.1 Å². The van der Waals surface area contributed by atoms with Crippen LogP contribution in [0.1, 0.15) is 17.6 Å². The highest BCUT2D eigenvalue weighted by Gasteiger charge is 2.15. The van der Waals surface area contributed by atoms with Gasteiger partial charge in [-0.15, -0.1) is 0 Å². The summed E-state index contributed by atoms with van der Waals surface area (Å²) in [5.41, 5.74) is 3.74. The van der Waals surface area contributed by atoms with Crippen molar-refractivity contribution in [2.24, 2.45) is 12.9 Å². The second kappa shape index (κ2) is 5.39. The molecule has 2 aromatic rings. The second-order valence-electron chi connectivity index (χ2n) is 3.79. The van der Waals surface area contributed by atoms with Crippen molar-refractivity contribution in [2.45, 2.75) is 12.5 Å². The topological polar surface area (TPSA) is 68.8 Å². The third-order valence-corrected chi connectivity index (χ3v) is 3.04. The molecule has 1 unspecified atom stereocenters. The van der Waals surface area contributed by atoms with Crippen LogP contribution in [-0.4, -0.2) is 14.5 Å². The lowest BCUT2D eigenvalue weighted by Gasteiger charge is -2.15. The zero-order valence-electron chi connectivity index (χ0n) is 9.47. The Hall–Kier alpha value is -1.24. The Morgan fingerprint density at radius 1 is 1.47 bits per heavy atom. The van der Waals surface area contributed by atoms with E-state index in [0.29, 0.717) is 6.42 Å². The quantitative estimate of drug-likeness (QED) is 0.659. The minimum Gasteiger partial charge on any atom is -0.337 e. The third-order valence-electron chi connectivity index (χ3n) is 2.57. The first-order valence-corrected chi connectivity index (χ1v) is 6.04. The minimum absolute atomic E-state index is 0.0383. The van der Waals surface area contributed by atoms with Crippen LogP contribution < -0.4 is 11.3 Å². The maximum absolute atomic E-state index is 5.57. The van der Waals surface area contributed by atoms with Gasteiger partial charge in [-0.25, -0.2) is 10.4 Å². The summed E-state index contributed by atoms with van der Waals surface area (Å²) in [6.45, 7) is 0. The number of rotatable bonds is 4. The van der Waals surface area contributed by atoms with Gasteiger partial charge in [-0.2, -0.15) is 0 Å². The number of nitrogens with two attached hydrogens (primary N) is 1. The van der Waals surface area contributed by atoms with E-state index in [9.17, 15) is 0 Å². The van der Waals surface area contributed by atoms with Crippen LogP contribution >= 0.6 is 15.9 Å². The molecule has 0 fully saturated rings. The average Bonchev–Trinajstić information content (AvgIpc) is 2.75. The van der Waals surface area contributed by atoms with Crippen molar-refractivity contribution >= 4 is 15.9 Å². The van der Waals surface area contributed by atoms with Crippen LogP contribution in [0.25, 0.3) is 0 Å². The summed E-state index contributed by atoms with van der Waals surface area (Å²) >= 11 is 3.36. The number of aromatic nitrogens is 3. The van der Waals surface area contributed by atoms with Crippen molar-refractivity contribution in [1.82, 2.24) is 20.0 Å². The fraction of sp³-hybridized carbons (Fsp3) is 0.273. The minimum atomic E-state index is -0.0383. The number of halogens is 1. The summed E-state index contributed by atoms with van der Waals surface area (Å²) in [4.78, 5) is 8.61. The Bertz CT molecular complexity index is 479. The predicted octanol–water partition coefficient (Wildman–Crippen LogP) is 1.32. The Labute approximate surface area is 108 Å². The molecule has 5 nitrogen and oxygen atoms in total. The fourth-order valence-electron chi connectivity index (χ4n) is 1.67. The van der Waals surface area contributed by atoms with Gasteiger partial charge in [0.15, 0.2) is 0 Å². The molecule has 6 heteroatoms. The van der Waals surface area contributed by atoms with Crippen molar-refractivity contribution < 1.29 is 0 Å². The molecule has 2 heterocycles. The maximum Gasteiger partial charge on any atom is 0.127 e. The van der Waals surface area contributed by atoms with E-state index in [4.69, 9.17) is 5.84 Å². The molecule has 0 aliphatic carbocycles. The number of hydrazine groups is 1. The number of imidazole rings is 1. The number of aryl methyl sites for hydroxylation is 1. The molecule has 0 saturated heterocycles. The molecule has 0 saturated carbocycles. The third kappa shape index (κ3) is 2.91. The lowest BCUT2D eigenvalue weighted by atomic mass is 10.1. The molecule has 0 amide bonds. The Morgan fingerprint density at radius 3 is 2.82 bits per heavy atom. The lowest BCUT2D eigenvalue weighted by molar-refractivity contribution is 0.502. The van der Waals surface area contributed by atoms with Gasteiger partial charge in [0.05, 0.1) is 6.04 Å². The molecule has 0 spiro atoms.